The zero-order chi connectivity index (χ0) is 20.1. The third-order valence-electron chi connectivity index (χ3n) is 3.71. The van der Waals surface area contributed by atoms with E-state index in [1.807, 2.05) is 0 Å². The summed E-state index contributed by atoms with van der Waals surface area (Å²) in [6.07, 6.45) is -3.66. The molecule has 0 unspecified atom stereocenters. The Balaban J connectivity index is 2.50. The van der Waals surface area contributed by atoms with Crippen LogP contribution in [-0.2, 0) is 0 Å². The van der Waals surface area contributed by atoms with Gasteiger partial charge in [-0.2, -0.15) is 18.2 Å². The Bertz CT molecular complexity index is 1160. The Kier molecular flexibility index (Phi) is 4.69. The molecule has 5 nitrogen and oxygen atoms in total. The summed E-state index contributed by atoms with van der Waals surface area (Å²) in [6, 6.07) is 2.28. The second-order valence-corrected chi connectivity index (χ2v) is 6.17. The smallest absolute Gasteiger partial charge is 0.254 e. The van der Waals surface area contributed by atoms with Crippen molar-refractivity contribution in [2.75, 3.05) is 0 Å². The van der Waals surface area contributed by atoms with Crippen molar-refractivity contribution < 1.29 is 17.6 Å². The molecule has 0 fully saturated rings. The van der Waals surface area contributed by atoms with E-state index in [-0.39, 0.29) is 27.4 Å². The van der Waals surface area contributed by atoms with E-state index in [1.165, 1.54) is 13.0 Å². The van der Waals surface area contributed by atoms with Crippen LogP contribution >= 0.6 is 23.2 Å². The quantitative estimate of drug-likeness (QED) is 0.349. The van der Waals surface area contributed by atoms with Gasteiger partial charge in [0.15, 0.2) is 16.6 Å². The second kappa shape index (κ2) is 6.58. The lowest BCUT2D eigenvalue weighted by Crippen LogP contribution is -2.26. The van der Waals surface area contributed by atoms with E-state index in [1.54, 1.807) is 0 Å². The van der Waals surface area contributed by atoms with Crippen LogP contribution in [0.5, 0.6) is 0 Å². The first kappa shape index (κ1) is 19.2. The molecular formula is C16H8Cl2F4N4O. The first-order valence-corrected chi connectivity index (χ1v) is 7.94. The number of aryl methyl sites for hydroxylation is 1. The summed E-state index contributed by atoms with van der Waals surface area (Å²) in [7, 11) is 0. The van der Waals surface area contributed by atoms with Crippen LogP contribution in [0.4, 0.5) is 17.6 Å². The summed E-state index contributed by atoms with van der Waals surface area (Å²) in [5.41, 5.74) is -3.18. The fraction of sp³-hybridized carbons (Fsp3) is 0.125. The average Bonchev–Trinajstić information content (AvgIpc) is 2.56. The Morgan fingerprint density at radius 1 is 1.22 bits per heavy atom. The Morgan fingerprint density at radius 2 is 1.89 bits per heavy atom. The summed E-state index contributed by atoms with van der Waals surface area (Å²) < 4.78 is 54.1. The second-order valence-electron chi connectivity index (χ2n) is 5.45. The van der Waals surface area contributed by atoms with E-state index in [2.05, 4.69) is 21.5 Å². The molecule has 0 aromatic carbocycles. The minimum atomic E-state index is -4.80. The van der Waals surface area contributed by atoms with Crippen LogP contribution < -0.4 is 5.69 Å². The molecule has 3 heterocycles. The number of aromatic nitrogens is 4. The first-order chi connectivity index (χ1) is 12.5. The van der Waals surface area contributed by atoms with Crippen LogP contribution in [0.2, 0.25) is 10.3 Å². The SMILES string of the molecule is C=C(c1nccc(C)c1-n1c(=O)nc(Cl)c2cc(F)c(Cl)nc21)C(F)(F)F. The van der Waals surface area contributed by atoms with Gasteiger partial charge in [-0.3, -0.25) is 4.98 Å². The zero-order valence-electron chi connectivity index (χ0n) is 13.4. The van der Waals surface area contributed by atoms with E-state index in [0.29, 0.717) is 0 Å². The molecule has 27 heavy (non-hydrogen) atoms. The maximum absolute atomic E-state index is 13.8. The molecule has 0 aliphatic carbocycles. The molecule has 11 heteroatoms. The van der Waals surface area contributed by atoms with Crippen LogP contribution in [0.25, 0.3) is 22.3 Å². The van der Waals surface area contributed by atoms with Gasteiger partial charge in [-0.15, -0.1) is 0 Å². The van der Waals surface area contributed by atoms with Gasteiger partial charge in [0.05, 0.1) is 22.3 Å². The Hall–Kier alpha value is -2.52. The van der Waals surface area contributed by atoms with Gasteiger partial charge in [0.1, 0.15) is 5.15 Å². The molecule has 3 aromatic heterocycles. The number of nitrogens with zero attached hydrogens (tertiary/aromatic N) is 4. The molecule has 0 atom stereocenters. The molecule has 0 radical (unpaired) electrons. The lowest BCUT2D eigenvalue weighted by Gasteiger charge is -2.18. The number of allylic oxidation sites excluding steroid dienone is 1. The number of hydrogen-bond acceptors (Lipinski definition) is 4. The normalized spacial score (nSPS) is 11.8. The largest absolute Gasteiger partial charge is 0.417 e. The molecule has 0 aliphatic rings. The van der Waals surface area contributed by atoms with Gasteiger partial charge in [-0.1, -0.05) is 29.8 Å². The summed E-state index contributed by atoms with van der Waals surface area (Å²) in [5.74, 6) is -0.930. The highest BCUT2D eigenvalue weighted by Gasteiger charge is 2.36. The maximum Gasteiger partial charge on any atom is 0.417 e. The minimum absolute atomic E-state index is 0.106. The molecule has 3 aromatic rings. The van der Waals surface area contributed by atoms with Crippen molar-refractivity contribution in [3.8, 4) is 5.69 Å². The molecule has 0 aliphatic heterocycles. The van der Waals surface area contributed by atoms with Gasteiger partial charge in [0.2, 0.25) is 0 Å². The summed E-state index contributed by atoms with van der Waals surface area (Å²) in [6.45, 7) is 4.49. The van der Waals surface area contributed by atoms with Crippen molar-refractivity contribution in [2.45, 2.75) is 13.1 Å². The van der Waals surface area contributed by atoms with Crippen LogP contribution in [-0.4, -0.2) is 25.7 Å². The molecule has 0 N–H and O–H groups in total. The molecule has 0 saturated carbocycles. The number of rotatable bonds is 2. The number of halogens is 6. The molecule has 0 bridgehead atoms. The summed E-state index contributed by atoms with van der Waals surface area (Å²) >= 11 is 11.6. The highest BCUT2D eigenvalue weighted by Crippen LogP contribution is 2.35. The van der Waals surface area contributed by atoms with Gasteiger partial charge in [0.25, 0.3) is 0 Å². The third kappa shape index (κ3) is 3.28. The lowest BCUT2D eigenvalue weighted by atomic mass is 10.1. The average molecular weight is 419 g/mol. The van der Waals surface area contributed by atoms with Crippen molar-refractivity contribution in [3.05, 3.63) is 62.8 Å². The third-order valence-corrected chi connectivity index (χ3v) is 4.26. The lowest BCUT2D eigenvalue weighted by molar-refractivity contribution is -0.0689. The number of hydrogen-bond donors (Lipinski definition) is 0. The summed E-state index contributed by atoms with van der Waals surface area (Å²) in [4.78, 5) is 23.5. The van der Waals surface area contributed by atoms with Crippen LogP contribution in [0.1, 0.15) is 11.3 Å². The van der Waals surface area contributed by atoms with Crippen LogP contribution in [0.3, 0.4) is 0 Å². The van der Waals surface area contributed by atoms with E-state index in [9.17, 15) is 22.4 Å². The maximum atomic E-state index is 13.8. The van der Waals surface area contributed by atoms with Gasteiger partial charge in [-0.25, -0.2) is 18.7 Å². The van der Waals surface area contributed by atoms with Crippen molar-refractivity contribution in [3.63, 3.8) is 0 Å². The van der Waals surface area contributed by atoms with Crippen molar-refractivity contribution in [2.24, 2.45) is 0 Å². The fourth-order valence-corrected chi connectivity index (χ4v) is 2.80. The topological polar surface area (TPSA) is 60.7 Å². The van der Waals surface area contributed by atoms with Crippen molar-refractivity contribution in [1.29, 1.82) is 0 Å². The minimum Gasteiger partial charge on any atom is -0.254 e. The monoisotopic (exact) mass is 418 g/mol. The standard InChI is InChI=1S/C16H8Cl2F4N4O/c1-6-3-4-23-10(7(2)16(20,21)22)11(6)26-14-8(12(17)25-15(26)27)5-9(19)13(18)24-14/h3-5H,2H2,1H3. The molecule has 3 rings (SSSR count). The summed E-state index contributed by atoms with van der Waals surface area (Å²) in [5, 5.41) is -1.06. The fourth-order valence-electron chi connectivity index (χ4n) is 2.45. The number of pyridine rings is 2. The highest BCUT2D eigenvalue weighted by atomic mass is 35.5. The van der Waals surface area contributed by atoms with Crippen LogP contribution in [0.15, 0.2) is 29.7 Å². The van der Waals surface area contributed by atoms with Gasteiger partial charge in [-0.05, 0) is 24.6 Å². The Labute approximate surface area is 158 Å². The van der Waals surface area contributed by atoms with Crippen molar-refractivity contribution in [1.82, 2.24) is 19.5 Å². The van der Waals surface area contributed by atoms with E-state index in [0.717, 1.165) is 16.8 Å². The van der Waals surface area contributed by atoms with Gasteiger partial charge < -0.3 is 0 Å². The predicted octanol–water partition coefficient (Wildman–Crippen LogP) is 4.51. The van der Waals surface area contributed by atoms with Crippen LogP contribution in [0, 0.1) is 12.7 Å². The molecule has 0 spiro atoms. The van der Waals surface area contributed by atoms with E-state index >= 15 is 0 Å². The van der Waals surface area contributed by atoms with Gasteiger partial charge >= 0.3 is 11.9 Å². The van der Waals surface area contributed by atoms with E-state index in [4.69, 9.17) is 23.2 Å². The molecular weight excluding hydrogens is 411 g/mol. The number of alkyl halides is 3. The zero-order valence-corrected chi connectivity index (χ0v) is 14.9. The molecule has 0 saturated heterocycles. The Morgan fingerprint density at radius 3 is 2.52 bits per heavy atom. The highest BCUT2D eigenvalue weighted by molar-refractivity contribution is 6.34. The van der Waals surface area contributed by atoms with E-state index < -0.39 is 34.1 Å². The molecule has 0 amide bonds. The number of fused-ring (bicyclic) bond motifs is 1. The van der Waals surface area contributed by atoms with Gasteiger partial charge in [0, 0.05) is 6.20 Å². The van der Waals surface area contributed by atoms with Crippen molar-refractivity contribution >= 4 is 39.8 Å². The molecule has 140 valence electrons. The first-order valence-electron chi connectivity index (χ1n) is 7.19. The predicted molar refractivity (Wildman–Crippen MR) is 92.7 cm³/mol.